The summed E-state index contributed by atoms with van der Waals surface area (Å²) < 4.78 is 0. The summed E-state index contributed by atoms with van der Waals surface area (Å²) in [6.45, 7) is 4.01. The van der Waals surface area contributed by atoms with Gasteiger partial charge in [-0.05, 0) is 55.3 Å². The summed E-state index contributed by atoms with van der Waals surface area (Å²) in [5.41, 5.74) is 3.56. The number of phenols is 1. The fourth-order valence-electron chi connectivity index (χ4n) is 2.09. The molecule has 3 nitrogen and oxygen atoms in total. The molecule has 0 bridgehead atoms. The number of amides is 1. The van der Waals surface area contributed by atoms with E-state index in [1.807, 2.05) is 26.0 Å². The number of carbonyl (C=O) groups is 1. The molecule has 19 heavy (non-hydrogen) atoms. The van der Waals surface area contributed by atoms with Gasteiger partial charge in [-0.15, -0.1) is 0 Å². The van der Waals surface area contributed by atoms with E-state index in [2.05, 4.69) is 6.07 Å². The van der Waals surface area contributed by atoms with Crippen molar-refractivity contribution in [1.29, 1.82) is 0 Å². The molecule has 2 aromatic rings. The molecule has 2 rings (SSSR count). The number of anilines is 1. The number of benzene rings is 2. The van der Waals surface area contributed by atoms with E-state index in [4.69, 9.17) is 0 Å². The lowest BCUT2D eigenvalue weighted by Crippen LogP contribution is -2.26. The van der Waals surface area contributed by atoms with Crippen LogP contribution in [-0.2, 0) is 0 Å². The van der Waals surface area contributed by atoms with Gasteiger partial charge in [0, 0.05) is 18.3 Å². The highest BCUT2D eigenvalue weighted by molar-refractivity contribution is 6.06. The van der Waals surface area contributed by atoms with E-state index < -0.39 is 0 Å². The van der Waals surface area contributed by atoms with Crippen LogP contribution in [0.15, 0.2) is 42.5 Å². The van der Waals surface area contributed by atoms with Gasteiger partial charge >= 0.3 is 0 Å². The van der Waals surface area contributed by atoms with E-state index in [0.29, 0.717) is 5.56 Å². The second-order valence-electron chi connectivity index (χ2n) is 4.76. The van der Waals surface area contributed by atoms with Crippen LogP contribution in [0.5, 0.6) is 5.75 Å². The molecule has 0 unspecified atom stereocenters. The molecular formula is C16H17NO2. The summed E-state index contributed by atoms with van der Waals surface area (Å²) in [7, 11) is 1.74. The zero-order valence-electron chi connectivity index (χ0n) is 11.3. The Balaban J connectivity index is 2.33. The number of nitrogens with zero attached hydrogens (tertiary/aromatic N) is 1. The first-order valence-electron chi connectivity index (χ1n) is 6.13. The smallest absolute Gasteiger partial charge is 0.258 e. The first-order chi connectivity index (χ1) is 8.97. The van der Waals surface area contributed by atoms with Crippen LogP contribution < -0.4 is 4.90 Å². The lowest BCUT2D eigenvalue weighted by atomic mass is 10.1. The number of aryl methyl sites for hydroxylation is 2. The van der Waals surface area contributed by atoms with E-state index in [9.17, 15) is 9.90 Å². The molecule has 2 aromatic carbocycles. The average molecular weight is 255 g/mol. The molecular weight excluding hydrogens is 238 g/mol. The maximum Gasteiger partial charge on any atom is 0.258 e. The number of hydrogen-bond acceptors (Lipinski definition) is 2. The van der Waals surface area contributed by atoms with Gasteiger partial charge in [-0.2, -0.15) is 0 Å². The summed E-state index contributed by atoms with van der Waals surface area (Å²) in [5.74, 6) is -0.0411. The SMILES string of the molecule is Cc1cc(C)cc(N(C)C(=O)c2cccc(O)c2)c1. The lowest BCUT2D eigenvalue weighted by Gasteiger charge is -2.18. The van der Waals surface area contributed by atoms with Gasteiger partial charge in [0.15, 0.2) is 0 Å². The van der Waals surface area contributed by atoms with Gasteiger partial charge < -0.3 is 10.0 Å². The number of carbonyl (C=O) groups excluding carboxylic acids is 1. The van der Waals surface area contributed by atoms with Crippen LogP contribution in [0.25, 0.3) is 0 Å². The van der Waals surface area contributed by atoms with Gasteiger partial charge in [0.1, 0.15) is 5.75 Å². The second-order valence-corrected chi connectivity index (χ2v) is 4.76. The Bertz CT molecular complexity index is 600. The predicted molar refractivity (Wildman–Crippen MR) is 76.8 cm³/mol. The normalized spacial score (nSPS) is 10.3. The van der Waals surface area contributed by atoms with E-state index >= 15 is 0 Å². The van der Waals surface area contributed by atoms with Crippen LogP contribution >= 0.6 is 0 Å². The fraction of sp³-hybridized carbons (Fsp3) is 0.188. The van der Waals surface area contributed by atoms with Crippen LogP contribution in [0.3, 0.4) is 0 Å². The summed E-state index contributed by atoms with van der Waals surface area (Å²) in [6, 6.07) is 12.4. The predicted octanol–water partition coefficient (Wildman–Crippen LogP) is 3.29. The molecule has 0 aliphatic heterocycles. The van der Waals surface area contributed by atoms with Crippen molar-refractivity contribution in [3.8, 4) is 5.75 Å². The maximum absolute atomic E-state index is 12.3. The first kappa shape index (κ1) is 13.1. The van der Waals surface area contributed by atoms with E-state index in [1.165, 1.54) is 6.07 Å². The Morgan fingerprint density at radius 2 is 1.68 bits per heavy atom. The molecule has 0 heterocycles. The molecule has 3 heteroatoms. The Morgan fingerprint density at radius 3 is 2.26 bits per heavy atom. The molecule has 0 aliphatic carbocycles. The van der Waals surface area contributed by atoms with Crippen molar-refractivity contribution < 1.29 is 9.90 Å². The molecule has 0 spiro atoms. The van der Waals surface area contributed by atoms with E-state index in [1.54, 1.807) is 30.1 Å². The molecule has 0 saturated heterocycles. The monoisotopic (exact) mass is 255 g/mol. The Labute approximate surface area is 113 Å². The van der Waals surface area contributed by atoms with Gasteiger partial charge in [0.25, 0.3) is 5.91 Å². The highest BCUT2D eigenvalue weighted by atomic mass is 16.3. The van der Waals surface area contributed by atoms with Crippen molar-refractivity contribution in [2.75, 3.05) is 11.9 Å². The molecule has 1 N–H and O–H groups in total. The quantitative estimate of drug-likeness (QED) is 0.894. The molecule has 98 valence electrons. The fourth-order valence-corrected chi connectivity index (χ4v) is 2.09. The van der Waals surface area contributed by atoms with E-state index in [0.717, 1.165) is 16.8 Å². The Kier molecular flexibility index (Phi) is 3.56. The molecule has 0 radical (unpaired) electrons. The standard InChI is InChI=1S/C16H17NO2/c1-11-7-12(2)9-14(8-11)17(3)16(19)13-5-4-6-15(18)10-13/h4-10,18H,1-3H3. The summed E-state index contributed by atoms with van der Waals surface area (Å²) in [6.07, 6.45) is 0. The number of rotatable bonds is 2. The van der Waals surface area contributed by atoms with Crippen molar-refractivity contribution in [1.82, 2.24) is 0 Å². The Hall–Kier alpha value is -2.29. The molecule has 0 aromatic heterocycles. The third-order valence-electron chi connectivity index (χ3n) is 2.99. The Morgan fingerprint density at radius 1 is 1.05 bits per heavy atom. The minimum absolute atomic E-state index is 0.0969. The first-order valence-corrected chi connectivity index (χ1v) is 6.13. The average Bonchev–Trinajstić information content (AvgIpc) is 2.36. The number of hydrogen-bond donors (Lipinski definition) is 1. The van der Waals surface area contributed by atoms with Crippen LogP contribution in [0.2, 0.25) is 0 Å². The molecule has 0 atom stereocenters. The molecule has 0 fully saturated rings. The second kappa shape index (κ2) is 5.14. The largest absolute Gasteiger partial charge is 0.508 e. The van der Waals surface area contributed by atoms with Gasteiger partial charge in [0.2, 0.25) is 0 Å². The van der Waals surface area contributed by atoms with Crippen molar-refractivity contribution in [2.24, 2.45) is 0 Å². The topological polar surface area (TPSA) is 40.5 Å². The molecule has 1 amide bonds. The number of phenolic OH excluding ortho intramolecular Hbond substituents is 1. The van der Waals surface area contributed by atoms with Crippen LogP contribution in [0.1, 0.15) is 21.5 Å². The summed E-state index contributed by atoms with van der Waals surface area (Å²) in [4.78, 5) is 13.9. The van der Waals surface area contributed by atoms with Crippen molar-refractivity contribution >= 4 is 11.6 Å². The minimum atomic E-state index is -0.138. The lowest BCUT2D eigenvalue weighted by molar-refractivity contribution is 0.0992. The van der Waals surface area contributed by atoms with Crippen LogP contribution in [0.4, 0.5) is 5.69 Å². The minimum Gasteiger partial charge on any atom is -0.508 e. The zero-order chi connectivity index (χ0) is 14.0. The third-order valence-corrected chi connectivity index (χ3v) is 2.99. The van der Waals surface area contributed by atoms with Gasteiger partial charge in [-0.3, -0.25) is 4.79 Å². The molecule has 0 saturated carbocycles. The van der Waals surface area contributed by atoms with E-state index in [-0.39, 0.29) is 11.7 Å². The third kappa shape index (κ3) is 2.94. The summed E-state index contributed by atoms with van der Waals surface area (Å²) in [5, 5.41) is 9.43. The van der Waals surface area contributed by atoms with Crippen molar-refractivity contribution in [3.63, 3.8) is 0 Å². The van der Waals surface area contributed by atoms with Crippen LogP contribution in [-0.4, -0.2) is 18.1 Å². The number of aromatic hydroxyl groups is 1. The molecule has 0 aliphatic rings. The highest BCUT2D eigenvalue weighted by Crippen LogP contribution is 2.20. The highest BCUT2D eigenvalue weighted by Gasteiger charge is 2.14. The van der Waals surface area contributed by atoms with Gasteiger partial charge in [-0.1, -0.05) is 12.1 Å². The summed E-state index contributed by atoms with van der Waals surface area (Å²) >= 11 is 0. The zero-order valence-corrected chi connectivity index (χ0v) is 11.3. The van der Waals surface area contributed by atoms with Gasteiger partial charge in [0.05, 0.1) is 0 Å². The van der Waals surface area contributed by atoms with Crippen LogP contribution in [0, 0.1) is 13.8 Å². The maximum atomic E-state index is 12.3. The van der Waals surface area contributed by atoms with Gasteiger partial charge in [-0.25, -0.2) is 0 Å². The van der Waals surface area contributed by atoms with Crippen molar-refractivity contribution in [3.05, 3.63) is 59.2 Å². The van der Waals surface area contributed by atoms with Crippen molar-refractivity contribution in [2.45, 2.75) is 13.8 Å².